The second-order valence-corrected chi connectivity index (χ2v) is 10.6. The van der Waals surface area contributed by atoms with Crippen molar-refractivity contribution in [1.29, 1.82) is 0 Å². The Balaban J connectivity index is 0.00000405. The number of hydrogen-bond donors (Lipinski definition) is 5. The summed E-state index contributed by atoms with van der Waals surface area (Å²) in [6.45, 7) is -0.231. The maximum atomic E-state index is 12.5. The van der Waals surface area contributed by atoms with E-state index in [0.29, 0.717) is 28.1 Å². The Bertz CT molecular complexity index is 1880. The maximum absolute atomic E-state index is 12.5. The van der Waals surface area contributed by atoms with Crippen LogP contribution >= 0.6 is 12.4 Å². The third-order valence-electron chi connectivity index (χ3n) is 6.05. The Morgan fingerprint density at radius 2 is 1.50 bits per heavy atom. The van der Waals surface area contributed by atoms with Crippen molar-refractivity contribution in [3.8, 4) is 33.6 Å². The van der Waals surface area contributed by atoms with Crippen LogP contribution in [0.2, 0.25) is 0 Å². The number of fused-ring (bicyclic) bond motifs is 1. The first-order valence-corrected chi connectivity index (χ1v) is 13.6. The average molecular weight is 611 g/mol. The number of anilines is 1. The SMILES string of the molecule is Cl.NNC(=O)c1cc(-c2ccc(-c3ccc(-c4cc(CO)on4)cc3)cc2)nc2cc(NS(=O)(=O)CC(=O)O)ncc12. The Labute approximate surface area is 244 Å². The molecule has 0 radical (unpaired) electrons. The standard InChI is InChI=1S/C27H22N6O7S.ClH/c28-31-27(37)20-10-22(30-24-11-25(29-12-21(20)24)33-41(38,39)14-26(35)36)17-5-1-15(2-6-17)16-3-7-18(8-4-16)23-9-19(13-34)40-32-23;/h1-12,34H,13-14,28H2,(H,29,33)(H,31,37)(H,35,36);1H. The van der Waals surface area contributed by atoms with Crippen LogP contribution in [0.4, 0.5) is 5.82 Å². The molecule has 0 saturated heterocycles. The fourth-order valence-corrected chi connectivity index (χ4v) is 4.97. The van der Waals surface area contributed by atoms with Crippen LogP contribution in [0, 0.1) is 0 Å². The van der Waals surface area contributed by atoms with Crippen molar-refractivity contribution in [3.63, 3.8) is 0 Å². The summed E-state index contributed by atoms with van der Waals surface area (Å²) in [4.78, 5) is 32.0. The first-order valence-electron chi connectivity index (χ1n) is 12.0. The van der Waals surface area contributed by atoms with E-state index < -0.39 is 27.7 Å². The molecule has 0 unspecified atom stereocenters. The number of aliphatic hydroxyl groups is 1. The fraction of sp³-hybridized carbons (Fsp3) is 0.0741. The number of halogens is 1. The molecule has 5 rings (SSSR count). The normalized spacial score (nSPS) is 11.1. The molecule has 3 aromatic heterocycles. The van der Waals surface area contributed by atoms with E-state index in [1.54, 1.807) is 12.1 Å². The van der Waals surface area contributed by atoms with Crippen LogP contribution in [-0.2, 0) is 21.4 Å². The summed E-state index contributed by atoms with van der Waals surface area (Å²) in [6.07, 6.45) is 1.26. The number of nitrogens with zero attached hydrogens (tertiary/aromatic N) is 3. The largest absolute Gasteiger partial charge is 0.480 e. The minimum Gasteiger partial charge on any atom is -0.480 e. The summed E-state index contributed by atoms with van der Waals surface area (Å²) in [5.74, 6) is 2.34. The van der Waals surface area contributed by atoms with Crippen LogP contribution in [-0.4, -0.2) is 51.4 Å². The van der Waals surface area contributed by atoms with Gasteiger partial charge in [0, 0.05) is 34.8 Å². The number of nitrogens with two attached hydrogens (primary N) is 1. The number of nitrogen functional groups attached to an aromatic ring is 1. The number of aliphatic carboxylic acids is 1. The lowest BCUT2D eigenvalue weighted by atomic mass is 9.99. The minimum absolute atomic E-state index is 0. The topological polar surface area (TPSA) is 211 Å². The zero-order chi connectivity index (χ0) is 29.1. The van der Waals surface area contributed by atoms with Crippen molar-refractivity contribution in [1.82, 2.24) is 20.6 Å². The molecule has 0 saturated carbocycles. The van der Waals surface area contributed by atoms with E-state index in [2.05, 4.69) is 25.3 Å². The highest BCUT2D eigenvalue weighted by Crippen LogP contribution is 2.29. The van der Waals surface area contributed by atoms with Gasteiger partial charge in [0.2, 0.25) is 10.0 Å². The average Bonchev–Trinajstić information content (AvgIpc) is 3.45. The van der Waals surface area contributed by atoms with Crippen molar-refractivity contribution in [3.05, 3.63) is 84.3 Å². The van der Waals surface area contributed by atoms with Gasteiger partial charge in [-0.3, -0.25) is 19.7 Å². The molecule has 6 N–H and O–H groups in total. The van der Waals surface area contributed by atoms with Gasteiger partial charge in [0.05, 0.1) is 16.8 Å². The quantitative estimate of drug-likeness (QED) is 0.0929. The number of pyridine rings is 2. The Hall–Kier alpha value is -4.89. The number of benzene rings is 2. The number of carboxylic acid groups (broad SMARTS) is 1. The molecule has 42 heavy (non-hydrogen) atoms. The summed E-state index contributed by atoms with van der Waals surface area (Å²) >= 11 is 0. The van der Waals surface area contributed by atoms with Gasteiger partial charge in [-0.15, -0.1) is 12.4 Å². The number of aromatic nitrogens is 3. The summed E-state index contributed by atoms with van der Waals surface area (Å²) in [5.41, 5.74) is 6.86. The molecular formula is C27H23ClN6O7S. The number of carboxylic acids is 1. The van der Waals surface area contributed by atoms with Crippen LogP contribution in [0.3, 0.4) is 0 Å². The predicted octanol–water partition coefficient (Wildman–Crippen LogP) is 2.96. The molecule has 0 bridgehead atoms. The highest BCUT2D eigenvalue weighted by molar-refractivity contribution is 7.93. The molecule has 5 aromatic rings. The van der Waals surface area contributed by atoms with Crippen LogP contribution in [0.1, 0.15) is 16.1 Å². The van der Waals surface area contributed by atoms with Crippen molar-refractivity contribution >= 4 is 51.0 Å². The van der Waals surface area contributed by atoms with Crippen molar-refractivity contribution in [2.24, 2.45) is 5.84 Å². The number of carbonyl (C=O) groups excluding carboxylic acids is 1. The molecule has 0 aliphatic heterocycles. The summed E-state index contributed by atoms with van der Waals surface area (Å²) < 4.78 is 31.3. The fourth-order valence-electron chi connectivity index (χ4n) is 4.14. The molecule has 2 aromatic carbocycles. The van der Waals surface area contributed by atoms with Gasteiger partial charge in [-0.1, -0.05) is 53.7 Å². The lowest BCUT2D eigenvalue weighted by Crippen LogP contribution is -2.30. The van der Waals surface area contributed by atoms with Crippen molar-refractivity contribution in [2.75, 3.05) is 10.5 Å². The predicted molar refractivity (Wildman–Crippen MR) is 156 cm³/mol. The smallest absolute Gasteiger partial charge is 0.320 e. The van der Waals surface area contributed by atoms with E-state index in [0.717, 1.165) is 16.7 Å². The van der Waals surface area contributed by atoms with Gasteiger partial charge in [0.15, 0.2) is 11.5 Å². The van der Waals surface area contributed by atoms with Crippen molar-refractivity contribution in [2.45, 2.75) is 6.61 Å². The molecule has 0 aliphatic carbocycles. The van der Waals surface area contributed by atoms with Gasteiger partial charge in [-0.05, 0) is 17.2 Å². The molecule has 3 heterocycles. The van der Waals surface area contributed by atoms with Gasteiger partial charge in [0.25, 0.3) is 5.91 Å². The molecular weight excluding hydrogens is 588 g/mol. The number of rotatable bonds is 9. The zero-order valence-corrected chi connectivity index (χ0v) is 23.1. The number of hydrazine groups is 1. The van der Waals surface area contributed by atoms with Gasteiger partial charge in [-0.2, -0.15) is 0 Å². The monoisotopic (exact) mass is 610 g/mol. The molecule has 13 nitrogen and oxygen atoms in total. The number of nitrogens with one attached hydrogen (secondary N) is 2. The lowest BCUT2D eigenvalue weighted by Gasteiger charge is -2.11. The Kier molecular flexibility index (Phi) is 8.82. The van der Waals surface area contributed by atoms with Gasteiger partial charge in [-0.25, -0.2) is 24.2 Å². The zero-order valence-electron chi connectivity index (χ0n) is 21.5. The number of sulfonamides is 1. The molecule has 15 heteroatoms. The first kappa shape index (κ1) is 30.1. The third kappa shape index (κ3) is 6.53. The summed E-state index contributed by atoms with van der Waals surface area (Å²) in [6, 6.07) is 19.6. The second kappa shape index (κ2) is 12.3. The number of amides is 1. The van der Waals surface area contributed by atoms with Gasteiger partial charge < -0.3 is 14.7 Å². The van der Waals surface area contributed by atoms with E-state index in [1.807, 2.05) is 48.5 Å². The van der Waals surface area contributed by atoms with E-state index in [-0.39, 0.29) is 35.9 Å². The third-order valence-corrected chi connectivity index (χ3v) is 7.20. The van der Waals surface area contributed by atoms with Crippen molar-refractivity contribution < 1.29 is 32.7 Å². The van der Waals surface area contributed by atoms with Gasteiger partial charge >= 0.3 is 5.97 Å². The number of carbonyl (C=O) groups is 2. The molecule has 1 amide bonds. The Morgan fingerprint density at radius 3 is 2.05 bits per heavy atom. The molecule has 0 fully saturated rings. The number of hydrogen-bond acceptors (Lipinski definition) is 10. The lowest BCUT2D eigenvalue weighted by molar-refractivity contribution is -0.134. The van der Waals surface area contributed by atoms with Crippen LogP contribution < -0.4 is 16.0 Å². The van der Waals surface area contributed by atoms with E-state index in [9.17, 15) is 23.1 Å². The van der Waals surface area contributed by atoms with E-state index in [4.69, 9.17) is 15.5 Å². The number of aliphatic hydroxyl groups excluding tert-OH is 1. The van der Waals surface area contributed by atoms with Crippen LogP contribution in [0.15, 0.2) is 77.4 Å². The van der Waals surface area contributed by atoms with E-state index >= 15 is 0 Å². The highest BCUT2D eigenvalue weighted by atomic mass is 35.5. The minimum atomic E-state index is -4.20. The molecule has 216 valence electrons. The Morgan fingerprint density at radius 1 is 0.905 bits per heavy atom. The van der Waals surface area contributed by atoms with E-state index in [1.165, 1.54) is 12.3 Å². The van der Waals surface area contributed by atoms with Gasteiger partial charge in [0.1, 0.15) is 18.1 Å². The molecule has 0 spiro atoms. The highest BCUT2D eigenvalue weighted by Gasteiger charge is 2.19. The molecule has 0 aliphatic rings. The second-order valence-electron chi connectivity index (χ2n) is 8.86. The van der Waals surface area contributed by atoms with Crippen LogP contribution in [0.25, 0.3) is 44.5 Å². The summed E-state index contributed by atoms with van der Waals surface area (Å²) in [5, 5.41) is 22.3. The first-order chi connectivity index (χ1) is 19.7. The summed E-state index contributed by atoms with van der Waals surface area (Å²) in [7, 11) is -4.20. The van der Waals surface area contributed by atoms with Crippen LogP contribution in [0.5, 0.6) is 0 Å². The maximum Gasteiger partial charge on any atom is 0.320 e. The molecule has 0 atom stereocenters.